The highest BCUT2D eigenvalue weighted by atomic mass is 15.1. The minimum atomic E-state index is 1.11. The number of benzene rings is 11. The van der Waals surface area contributed by atoms with Crippen LogP contribution in [0.2, 0.25) is 0 Å². The largest absolute Gasteiger partial charge is 0.309 e. The van der Waals surface area contributed by atoms with Crippen molar-refractivity contribution in [2.45, 2.75) is 13.8 Å². The maximum absolute atomic E-state index is 2.46. The Kier molecular flexibility index (Phi) is 9.02. The second kappa shape index (κ2) is 15.1. The molecule has 0 aliphatic rings. The highest BCUT2D eigenvalue weighted by Crippen LogP contribution is 2.47. The van der Waals surface area contributed by atoms with E-state index in [2.05, 4.69) is 243 Å². The monoisotopic (exact) mass is 777 g/mol. The zero-order valence-corrected chi connectivity index (χ0v) is 34.3. The van der Waals surface area contributed by atoms with Gasteiger partial charge in [-0.2, -0.15) is 0 Å². The molecule has 1 nitrogen and oxygen atoms in total. The van der Waals surface area contributed by atoms with Crippen molar-refractivity contribution in [3.8, 4) is 44.5 Å². The molecule has 0 heterocycles. The van der Waals surface area contributed by atoms with Crippen molar-refractivity contribution in [3.63, 3.8) is 0 Å². The number of fused-ring (bicyclic) bond motifs is 4. The normalized spacial score (nSPS) is 11.4. The third kappa shape index (κ3) is 6.34. The summed E-state index contributed by atoms with van der Waals surface area (Å²) in [4.78, 5) is 2.46. The summed E-state index contributed by atoms with van der Waals surface area (Å²) in [5.74, 6) is 0. The molecule has 0 fully saturated rings. The number of hydrogen-bond donors (Lipinski definition) is 0. The van der Waals surface area contributed by atoms with Crippen molar-refractivity contribution >= 4 is 60.2 Å². The summed E-state index contributed by atoms with van der Waals surface area (Å²) in [5.41, 5.74) is 15.7. The van der Waals surface area contributed by atoms with Gasteiger partial charge in [-0.15, -0.1) is 0 Å². The molecule has 0 spiro atoms. The topological polar surface area (TPSA) is 3.24 Å². The summed E-state index contributed by atoms with van der Waals surface area (Å²) in [6.07, 6.45) is 0. The Morgan fingerprint density at radius 1 is 0.246 bits per heavy atom. The van der Waals surface area contributed by atoms with Crippen molar-refractivity contribution in [1.29, 1.82) is 0 Å². The average molecular weight is 778 g/mol. The predicted octanol–water partition coefficient (Wildman–Crippen LogP) is 17.1. The fourth-order valence-corrected chi connectivity index (χ4v) is 9.56. The molecular weight excluding hydrogens is 735 g/mol. The van der Waals surface area contributed by atoms with Gasteiger partial charge in [0.2, 0.25) is 0 Å². The Bertz CT molecular complexity index is 3220. The minimum Gasteiger partial charge on any atom is -0.309 e. The highest BCUT2D eigenvalue weighted by Gasteiger charge is 2.21. The molecule has 11 aromatic rings. The zero-order valence-electron chi connectivity index (χ0n) is 34.3. The van der Waals surface area contributed by atoms with Gasteiger partial charge in [-0.25, -0.2) is 0 Å². The smallest absolute Gasteiger partial charge is 0.0540 e. The van der Waals surface area contributed by atoms with Crippen molar-refractivity contribution in [2.24, 2.45) is 0 Å². The van der Waals surface area contributed by atoms with Crippen LogP contribution in [-0.4, -0.2) is 0 Å². The van der Waals surface area contributed by atoms with Crippen molar-refractivity contribution in [3.05, 3.63) is 236 Å². The van der Waals surface area contributed by atoms with E-state index in [0.717, 1.165) is 17.1 Å². The summed E-state index contributed by atoms with van der Waals surface area (Å²) >= 11 is 0. The van der Waals surface area contributed by atoms with Crippen LogP contribution in [0.1, 0.15) is 11.1 Å². The predicted molar refractivity (Wildman–Crippen MR) is 262 cm³/mol. The van der Waals surface area contributed by atoms with E-state index in [1.807, 2.05) is 0 Å². The van der Waals surface area contributed by atoms with Gasteiger partial charge in [-0.05, 0) is 144 Å². The quantitative estimate of drug-likeness (QED) is 0.146. The molecule has 0 saturated heterocycles. The van der Waals surface area contributed by atoms with Gasteiger partial charge in [0, 0.05) is 16.5 Å². The van der Waals surface area contributed by atoms with E-state index in [-0.39, 0.29) is 0 Å². The molecule has 0 atom stereocenters. The van der Waals surface area contributed by atoms with Crippen molar-refractivity contribution in [1.82, 2.24) is 0 Å². The molecule has 0 aliphatic carbocycles. The Morgan fingerprint density at radius 2 is 0.590 bits per heavy atom. The molecule has 0 aliphatic heterocycles. The first-order chi connectivity index (χ1) is 30.1. The van der Waals surface area contributed by atoms with Crippen LogP contribution < -0.4 is 4.90 Å². The Balaban J connectivity index is 1.12. The zero-order chi connectivity index (χ0) is 40.9. The molecule has 0 unspecified atom stereocenters. The standard InChI is InChI=1S/C60H43N/c1-40-29-35-57(51-23-11-9-21-49(40)51)61(58-36-30-41(2)50-22-10-12-24-52(50)58)48-33-31-44(32-34-48)59-53-25-13-15-27-55(53)60(56-28-16-14-26-54(56)59)47-38-45(42-17-5-3-6-18-42)37-46(39-47)43-19-7-4-8-20-43/h3-39H,1-2H3. The lowest BCUT2D eigenvalue weighted by molar-refractivity contribution is 1.30. The molecule has 288 valence electrons. The van der Waals surface area contributed by atoms with Crippen LogP contribution in [0.15, 0.2) is 224 Å². The number of rotatable bonds is 7. The first kappa shape index (κ1) is 36.3. The van der Waals surface area contributed by atoms with Gasteiger partial charge in [0.25, 0.3) is 0 Å². The van der Waals surface area contributed by atoms with Crippen LogP contribution >= 0.6 is 0 Å². The van der Waals surface area contributed by atoms with Crippen molar-refractivity contribution < 1.29 is 0 Å². The molecule has 0 amide bonds. The highest BCUT2D eigenvalue weighted by molar-refractivity contribution is 6.22. The molecule has 1 heteroatoms. The lowest BCUT2D eigenvalue weighted by atomic mass is 9.84. The number of nitrogens with zero attached hydrogens (tertiary/aromatic N) is 1. The van der Waals surface area contributed by atoms with Crippen LogP contribution in [0.3, 0.4) is 0 Å². The second-order valence-corrected chi connectivity index (χ2v) is 16.1. The van der Waals surface area contributed by atoms with Gasteiger partial charge in [-0.3, -0.25) is 0 Å². The van der Waals surface area contributed by atoms with Crippen LogP contribution in [0.25, 0.3) is 87.6 Å². The summed E-state index contributed by atoms with van der Waals surface area (Å²) in [7, 11) is 0. The molecular formula is C60H43N. The first-order valence-electron chi connectivity index (χ1n) is 21.2. The lowest BCUT2D eigenvalue weighted by Gasteiger charge is -2.29. The van der Waals surface area contributed by atoms with Gasteiger partial charge in [0.05, 0.1) is 11.4 Å². The number of aryl methyl sites for hydroxylation is 2. The van der Waals surface area contributed by atoms with E-state index in [1.165, 1.54) is 98.7 Å². The van der Waals surface area contributed by atoms with E-state index in [9.17, 15) is 0 Å². The number of hydrogen-bond acceptors (Lipinski definition) is 1. The lowest BCUT2D eigenvalue weighted by Crippen LogP contribution is -2.11. The van der Waals surface area contributed by atoms with Crippen LogP contribution in [0, 0.1) is 13.8 Å². The van der Waals surface area contributed by atoms with E-state index < -0.39 is 0 Å². The summed E-state index contributed by atoms with van der Waals surface area (Å²) in [6.45, 7) is 4.41. The molecule has 0 radical (unpaired) electrons. The fraction of sp³-hybridized carbons (Fsp3) is 0.0333. The third-order valence-corrected chi connectivity index (χ3v) is 12.5. The van der Waals surface area contributed by atoms with Gasteiger partial charge in [0.15, 0.2) is 0 Å². The maximum atomic E-state index is 2.46. The SMILES string of the molecule is Cc1ccc(N(c2ccc(-c3c4ccccc4c(-c4cc(-c5ccccc5)cc(-c5ccccc5)c4)c4ccccc34)cc2)c2ccc(C)c3ccccc23)c2ccccc12. The van der Waals surface area contributed by atoms with E-state index in [4.69, 9.17) is 0 Å². The van der Waals surface area contributed by atoms with Gasteiger partial charge in [0.1, 0.15) is 0 Å². The van der Waals surface area contributed by atoms with Crippen molar-refractivity contribution in [2.75, 3.05) is 4.90 Å². The van der Waals surface area contributed by atoms with Gasteiger partial charge < -0.3 is 4.90 Å². The second-order valence-electron chi connectivity index (χ2n) is 16.1. The Hall–Kier alpha value is -7.74. The molecule has 11 aromatic carbocycles. The molecule has 0 saturated carbocycles. The Morgan fingerprint density at radius 3 is 1.02 bits per heavy atom. The minimum absolute atomic E-state index is 1.11. The van der Waals surface area contributed by atoms with E-state index in [0.29, 0.717) is 0 Å². The maximum Gasteiger partial charge on any atom is 0.0540 e. The molecule has 0 N–H and O–H groups in total. The van der Waals surface area contributed by atoms with E-state index in [1.54, 1.807) is 0 Å². The van der Waals surface area contributed by atoms with Crippen LogP contribution in [0.4, 0.5) is 17.1 Å². The average Bonchev–Trinajstić information content (AvgIpc) is 3.33. The van der Waals surface area contributed by atoms with Gasteiger partial charge >= 0.3 is 0 Å². The molecule has 0 bridgehead atoms. The summed E-state index contributed by atoms with van der Waals surface area (Å²) in [6, 6.07) is 82.5. The third-order valence-electron chi connectivity index (χ3n) is 12.5. The number of anilines is 3. The fourth-order valence-electron chi connectivity index (χ4n) is 9.56. The summed E-state index contributed by atoms with van der Waals surface area (Å²) in [5, 5.41) is 9.95. The Labute approximate surface area is 357 Å². The molecule has 61 heavy (non-hydrogen) atoms. The van der Waals surface area contributed by atoms with Gasteiger partial charge in [-0.1, -0.05) is 182 Å². The van der Waals surface area contributed by atoms with E-state index >= 15 is 0 Å². The summed E-state index contributed by atoms with van der Waals surface area (Å²) < 4.78 is 0. The molecule has 0 aromatic heterocycles. The first-order valence-corrected chi connectivity index (χ1v) is 21.2. The molecule has 11 rings (SSSR count). The van der Waals surface area contributed by atoms with Crippen LogP contribution in [-0.2, 0) is 0 Å². The van der Waals surface area contributed by atoms with Crippen LogP contribution in [0.5, 0.6) is 0 Å².